The molecule has 0 saturated heterocycles. The third-order valence-corrected chi connectivity index (χ3v) is 3.92. The maximum absolute atomic E-state index is 4.09. The van der Waals surface area contributed by atoms with Crippen LogP contribution in [-0.2, 0) is 0 Å². The third-order valence-electron chi connectivity index (χ3n) is 2.75. The van der Waals surface area contributed by atoms with Crippen LogP contribution in [0.15, 0.2) is 52.7 Å². The van der Waals surface area contributed by atoms with Crippen molar-refractivity contribution in [1.82, 2.24) is 0 Å². The molecule has 2 aromatic rings. The van der Waals surface area contributed by atoms with E-state index in [1.54, 1.807) is 11.8 Å². The molecule has 0 aromatic heterocycles. The molecule has 0 spiro atoms. The zero-order chi connectivity index (χ0) is 15.7. The van der Waals surface area contributed by atoms with Gasteiger partial charge in [0.05, 0.1) is 11.1 Å². The molecule has 0 aliphatic carbocycles. The average molecular weight is 366 g/mol. The molecule has 0 saturated carbocycles. The molecular weight excluding hydrogens is 346 g/mol. The van der Waals surface area contributed by atoms with Gasteiger partial charge in [-0.15, -0.1) is 5.10 Å². The second-order valence-corrected chi connectivity index (χ2v) is 5.05. The summed E-state index contributed by atoms with van der Waals surface area (Å²) in [6.45, 7) is 7.43. The zero-order valence-corrected chi connectivity index (χ0v) is 15.0. The predicted octanol–water partition coefficient (Wildman–Crippen LogP) is 5.36. The quantitative estimate of drug-likeness (QED) is 0.241. The van der Waals surface area contributed by atoms with E-state index in [0.717, 1.165) is 10.9 Å². The number of rotatable bonds is 3. The largest absolute Gasteiger partial charge is 0.308 e. The van der Waals surface area contributed by atoms with E-state index < -0.39 is 0 Å². The lowest BCUT2D eigenvalue weighted by atomic mass is 10.1. The first-order chi connectivity index (χ1) is 10.3. The van der Waals surface area contributed by atoms with Gasteiger partial charge in [-0.05, 0) is 17.7 Å². The summed E-state index contributed by atoms with van der Waals surface area (Å²) in [5, 5.41) is 10.9. The van der Waals surface area contributed by atoms with Gasteiger partial charge in [0, 0.05) is 12.1 Å². The molecule has 0 atom stereocenters. The standard InChI is InChI=1S/C14H14BrN3S.C2H6/c1-16-17-14(19-2)18(10-15)13-9-5-7-11-6-3-4-8-12(11)13;1-2/h3-9H,1,10H2,2H3;1-2H3/b17-14+;. The van der Waals surface area contributed by atoms with Gasteiger partial charge in [0.1, 0.15) is 0 Å². The van der Waals surface area contributed by atoms with Gasteiger partial charge in [-0.3, -0.25) is 0 Å². The number of nitrogens with zero attached hydrogens (tertiary/aromatic N) is 3. The maximum atomic E-state index is 4.09. The van der Waals surface area contributed by atoms with Crippen molar-refractivity contribution in [3.63, 3.8) is 0 Å². The van der Waals surface area contributed by atoms with Crippen molar-refractivity contribution in [2.24, 2.45) is 10.2 Å². The summed E-state index contributed by atoms with van der Waals surface area (Å²) in [7, 11) is 0. The van der Waals surface area contributed by atoms with Crippen LogP contribution in [0.5, 0.6) is 0 Å². The molecule has 0 unspecified atom stereocenters. The molecule has 2 rings (SSSR count). The summed E-state index contributed by atoms with van der Waals surface area (Å²) in [6.07, 6.45) is 1.98. The Morgan fingerprint density at radius 2 is 1.86 bits per heavy atom. The summed E-state index contributed by atoms with van der Waals surface area (Å²) in [5.41, 5.74) is 1.75. The zero-order valence-electron chi connectivity index (χ0n) is 12.6. The minimum Gasteiger partial charge on any atom is -0.308 e. The first-order valence-electron chi connectivity index (χ1n) is 6.70. The first-order valence-corrected chi connectivity index (χ1v) is 9.05. The van der Waals surface area contributed by atoms with Crippen LogP contribution in [0, 0.1) is 0 Å². The minimum absolute atomic E-state index is 0.649. The number of benzene rings is 2. The van der Waals surface area contributed by atoms with E-state index in [4.69, 9.17) is 0 Å². The molecular formula is C16H20BrN3S. The average Bonchev–Trinajstić information content (AvgIpc) is 2.56. The Balaban J connectivity index is 0.00000106. The normalized spacial score (nSPS) is 10.8. The predicted molar refractivity (Wildman–Crippen MR) is 102 cm³/mol. The van der Waals surface area contributed by atoms with Gasteiger partial charge in [0.2, 0.25) is 0 Å². The number of amidine groups is 1. The number of anilines is 1. The minimum atomic E-state index is 0.649. The number of halogens is 1. The Morgan fingerprint density at radius 1 is 1.19 bits per heavy atom. The Morgan fingerprint density at radius 3 is 2.48 bits per heavy atom. The summed E-state index contributed by atoms with van der Waals surface area (Å²) in [4.78, 5) is 2.07. The molecule has 0 amide bonds. The molecule has 21 heavy (non-hydrogen) atoms. The summed E-state index contributed by atoms with van der Waals surface area (Å²) >= 11 is 5.06. The fourth-order valence-electron chi connectivity index (χ4n) is 1.93. The topological polar surface area (TPSA) is 28.0 Å². The summed E-state index contributed by atoms with van der Waals surface area (Å²) < 4.78 is 0. The van der Waals surface area contributed by atoms with E-state index in [9.17, 15) is 0 Å². The molecule has 5 heteroatoms. The fourth-order valence-corrected chi connectivity index (χ4v) is 3.12. The molecule has 0 aliphatic rings. The van der Waals surface area contributed by atoms with Gasteiger partial charge in [-0.25, -0.2) is 0 Å². The monoisotopic (exact) mass is 365 g/mol. The summed E-state index contributed by atoms with van der Waals surface area (Å²) in [5.74, 6) is 0. The van der Waals surface area contributed by atoms with Gasteiger partial charge in [0.15, 0.2) is 5.17 Å². The van der Waals surface area contributed by atoms with Crippen LogP contribution in [0.3, 0.4) is 0 Å². The molecule has 0 fully saturated rings. The molecule has 0 aliphatic heterocycles. The van der Waals surface area contributed by atoms with Gasteiger partial charge in [-0.1, -0.05) is 77.9 Å². The lowest BCUT2D eigenvalue weighted by molar-refractivity contribution is 1.20. The third kappa shape index (κ3) is 4.32. The van der Waals surface area contributed by atoms with Crippen molar-refractivity contribution < 1.29 is 0 Å². The Hall–Kier alpha value is -1.33. The lowest BCUT2D eigenvalue weighted by Gasteiger charge is -2.23. The molecule has 0 N–H and O–H groups in total. The van der Waals surface area contributed by atoms with Crippen LogP contribution in [-0.4, -0.2) is 23.6 Å². The lowest BCUT2D eigenvalue weighted by Crippen LogP contribution is -2.26. The van der Waals surface area contributed by atoms with E-state index in [-0.39, 0.29) is 0 Å². The highest BCUT2D eigenvalue weighted by atomic mass is 79.9. The first kappa shape index (κ1) is 17.7. The molecule has 112 valence electrons. The highest BCUT2D eigenvalue weighted by molar-refractivity contribution is 9.09. The molecule has 0 heterocycles. The van der Waals surface area contributed by atoms with E-state index in [1.165, 1.54) is 10.8 Å². The SMILES string of the molecule is C=N/N=C(/SC)N(CBr)c1cccc2ccccc12.CC. The van der Waals surface area contributed by atoms with E-state index in [0.29, 0.717) is 5.45 Å². The van der Waals surface area contributed by atoms with Gasteiger partial charge in [-0.2, -0.15) is 5.10 Å². The number of fused-ring (bicyclic) bond motifs is 1. The van der Waals surface area contributed by atoms with Crippen LogP contribution < -0.4 is 4.90 Å². The number of hydrogen-bond acceptors (Lipinski definition) is 3. The van der Waals surface area contributed by atoms with Crippen molar-refractivity contribution >= 4 is 56.0 Å². The molecule has 3 nitrogen and oxygen atoms in total. The number of thioether (sulfide) groups is 1. The van der Waals surface area contributed by atoms with Crippen molar-refractivity contribution in [1.29, 1.82) is 0 Å². The second kappa shape index (κ2) is 9.58. The van der Waals surface area contributed by atoms with Gasteiger partial charge in [0.25, 0.3) is 0 Å². The highest BCUT2D eigenvalue weighted by Crippen LogP contribution is 2.29. The number of hydrogen-bond donors (Lipinski definition) is 0. The molecule has 0 bridgehead atoms. The van der Waals surface area contributed by atoms with Gasteiger partial charge < -0.3 is 4.90 Å². The van der Waals surface area contributed by atoms with Gasteiger partial charge >= 0.3 is 0 Å². The highest BCUT2D eigenvalue weighted by Gasteiger charge is 2.14. The van der Waals surface area contributed by atoms with Crippen LogP contribution in [0.1, 0.15) is 13.8 Å². The molecule has 2 aromatic carbocycles. The second-order valence-electron chi connectivity index (χ2n) is 3.77. The Kier molecular flexibility index (Phi) is 8.08. The van der Waals surface area contributed by atoms with E-state index in [1.807, 2.05) is 38.3 Å². The smallest absolute Gasteiger partial charge is 0.190 e. The van der Waals surface area contributed by atoms with Crippen LogP contribution in [0.25, 0.3) is 10.8 Å². The molecule has 0 radical (unpaired) electrons. The van der Waals surface area contributed by atoms with Crippen LogP contribution >= 0.6 is 27.7 Å². The van der Waals surface area contributed by atoms with Crippen molar-refractivity contribution in [2.75, 3.05) is 16.6 Å². The van der Waals surface area contributed by atoms with Crippen LogP contribution in [0.4, 0.5) is 5.69 Å². The maximum Gasteiger partial charge on any atom is 0.190 e. The fraction of sp³-hybridized carbons (Fsp3) is 0.250. The Labute approximate surface area is 139 Å². The van der Waals surface area contributed by atoms with E-state index >= 15 is 0 Å². The van der Waals surface area contributed by atoms with Crippen molar-refractivity contribution in [3.05, 3.63) is 42.5 Å². The van der Waals surface area contributed by atoms with Crippen molar-refractivity contribution in [2.45, 2.75) is 13.8 Å². The van der Waals surface area contributed by atoms with Crippen molar-refractivity contribution in [3.8, 4) is 0 Å². The summed E-state index contributed by atoms with van der Waals surface area (Å²) in [6, 6.07) is 14.5. The number of alkyl halides is 1. The van der Waals surface area contributed by atoms with E-state index in [2.05, 4.69) is 62.0 Å². The Bertz CT molecular complexity index is 608. The van der Waals surface area contributed by atoms with Crippen LogP contribution in [0.2, 0.25) is 0 Å².